The zero-order chi connectivity index (χ0) is 6.69. The van der Waals surface area contributed by atoms with Gasteiger partial charge in [0.05, 0.1) is 0 Å². The Hall–Kier alpha value is -0.160. The van der Waals surface area contributed by atoms with Crippen LogP contribution in [0.4, 0.5) is 0 Å². The molecular weight excluding hydrogens is 227 g/mol. The molecule has 0 aliphatic heterocycles. The lowest BCUT2D eigenvalue weighted by molar-refractivity contribution is 1.04. The van der Waals surface area contributed by atoms with E-state index < -0.39 is 0 Å². The third-order valence-corrected chi connectivity index (χ3v) is 2.05. The van der Waals surface area contributed by atoms with Gasteiger partial charge < -0.3 is 5.73 Å². The number of aromatic nitrogens is 1. The van der Waals surface area contributed by atoms with E-state index in [1.54, 1.807) is 6.20 Å². The van der Waals surface area contributed by atoms with Gasteiger partial charge in [-0.2, -0.15) is 0 Å². The molecule has 48 valence electrons. The van der Waals surface area contributed by atoms with Gasteiger partial charge in [0, 0.05) is 22.5 Å². The lowest BCUT2D eigenvalue weighted by atomic mass is 10.3. The van der Waals surface area contributed by atoms with Crippen LogP contribution < -0.4 is 5.73 Å². The number of pyridine rings is 1. The molecule has 0 radical (unpaired) electrons. The zero-order valence-corrected chi connectivity index (χ0v) is 7.00. The molecule has 0 saturated heterocycles. The second kappa shape index (κ2) is 3.12. The maximum absolute atomic E-state index is 5.42. The number of nitrogens with zero attached hydrogens (tertiary/aromatic N) is 1. The largest absolute Gasteiger partial charge is 0.326 e. The van der Waals surface area contributed by atoms with Gasteiger partial charge >= 0.3 is 0 Å². The predicted octanol–water partition coefficient (Wildman–Crippen LogP) is 1.14. The zero-order valence-electron chi connectivity index (χ0n) is 4.84. The summed E-state index contributed by atoms with van der Waals surface area (Å²) in [6.07, 6.45) is 3.56. The van der Waals surface area contributed by atoms with Gasteiger partial charge in [-0.05, 0) is 34.2 Å². The quantitative estimate of drug-likeness (QED) is 0.740. The summed E-state index contributed by atoms with van der Waals surface area (Å²) in [5, 5.41) is 0. The molecule has 2 N–H and O–H groups in total. The van der Waals surface area contributed by atoms with Crippen molar-refractivity contribution in [3.63, 3.8) is 0 Å². The van der Waals surface area contributed by atoms with E-state index in [4.69, 9.17) is 5.73 Å². The van der Waals surface area contributed by atoms with Crippen LogP contribution in [0, 0.1) is 3.57 Å². The molecule has 0 unspecified atom stereocenters. The Bertz CT molecular complexity index is 200. The van der Waals surface area contributed by atoms with Crippen molar-refractivity contribution in [1.82, 2.24) is 4.98 Å². The smallest absolute Gasteiger partial charge is 0.0404 e. The first-order valence-electron chi connectivity index (χ1n) is 2.63. The highest BCUT2D eigenvalue weighted by molar-refractivity contribution is 14.1. The third-order valence-electron chi connectivity index (χ3n) is 1.08. The summed E-state index contributed by atoms with van der Waals surface area (Å²) >= 11 is 2.22. The fourth-order valence-corrected chi connectivity index (χ4v) is 1.13. The topological polar surface area (TPSA) is 38.9 Å². The minimum absolute atomic E-state index is 0.598. The van der Waals surface area contributed by atoms with Gasteiger partial charge in [0.25, 0.3) is 0 Å². The molecule has 0 atom stereocenters. The molecule has 1 rings (SSSR count). The highest BCUT2D eigenvalue weighted by Gasteiger charge is 1.92. The fourth-order valence-electron chi connectivity index (χ4n) is 0.570. The van der Waals surface area contributed by atoms with Crippen molar-refractivity contribution in [3.8, 4) is 0 Å². The van der Waals surface area contributed by atoms with Crippen LogP contribution >= 0.6 is 22.6 Å². The summed E-state index contributed by atoms with van der Waals surface area (Å²) in [5.41, 5.74) is 6.58. The van der Waals surface area contributed by atoms with Gasteiger partial charge in [0.1, 0.15) is 0 Å². The Balaban J connectivity index is 3.01. The summed E-state index contributed by atoms with van der Waals surface area (Å²) in [6, 6.07) is 1.93. The van der Waals surface area contributed by atoms with Crippen molar-refractivity contribution in [1.29, 1.82) is 0 Å². The Morgan fingerprint density at radius 2 is 2.44 bits per heavy atom. The molecule has 0 saturated carbocycles. The van der Waals surface area contributed by atoms with E-state index in [9.17, 15) is 0 Å². The molecule has 3 heteroatoms. The van der Waals surface area contributed by atoms with Gasteiger partial charge in [0.2, 0.25) is 0 Å². The maximum Gasteiger partial charge on any atom is 0.0404 e. The summed E-state index contributed by atoms with van der Waals surface area (Å²) < 4.78 is 1.14. The van der Waals surface area contributed by atoms with Gasteiger partial charge in [-0.15, -0.1) is 0 Å². The molecule has 2 nitrogen and oxygen atoms in total. The van der Waals surface area contributed by atoms with Crippen molar-refractivity contribution in [2.45, 2.75) is 6.54 Å². The minimum Gasteiger partial charge on any atom is -0.326 e. The number of hydrogen-bond donors (Lipinski definition) is 1. The summed E-state index contributed by atoms with van der Waals surface area (Å²) in [5.74, 6) is 0. The van der Waals surface area contributed by atoms with Crippen LogP contribution in [-0.4, -0.2) is 4.98 Å². The monoisotopic (exact) mass is 234 g/mol. The first kappa shape index (κ1) is 6.95. The summed E-state index contributed by atoms with van der Waals surface area (Å²) in [4.78, 5) is 3.93. The number of nitrogens with two attached hydrogens (primary N) is 1. The second-order valence-electron chi connectivity index (χ2n) is 1.67. The van der Waals surface area contributed by atoms with Crippen LogP contribution in [0.3, 0.4) is 0 Å². The first-order valence-corrected chi connectivity index (χ1v) is 3.71. The van der Waals surface area contributed by atoms with Crippen LogP contribution in [0.1, 0.15) is 5.56 Å². The lowest BCUT2D eigenvalue weighted by Gasteiger charge is -1.96. The Morgan fingerprint density at radius 1 is 1.67 bits per heavy atom. The molecule has 0 aromatic carbocycles. The van der Waals surface area contributed by atoms with Gasteiger partial charge in [0.15, 0.2) is 0 Å². The normalized spacial score (nSPS) is 9.56. The van der Waals surface area contributed by atoms with Crippen LogP contribution in [0.15, 0.2) is 18.5 Å². The standard InChI is InChI=1S/C6H7IN2/c7-6-4-9-2-1-5(6)3-8/h1-2,4H,3,8H2. The van der Waals surface area contributed by atoms with Crippen LogP contribution in [-0.2, 0) is 6.54 Å². The number of halogens is 1. The molecule has 0 aliphatic rings. The Kier molecular flexibility index (Phi) is 2.41. The van der Waals surface area contributed by atoms with E-state index in [0.717, 1.165) is 9.13 Å². The van der Waals surface area contributed by atoms with Crippen molar-refractivity contribution < 1.29 is 0 Å². The summed E-state index contributed by atoms with van der Waals surface area (Å²) in [7, 11) is 0. The Morgan fingerprint density at radius 3 is 2.89 bits per heavy atom. The minimum atomic E-state index is 0.598. The molecule has 0 fully saturated rings. The van der Waals surface area contributed by atoms with Crippen molar-refractivity contribution in [3.05, 3.63) is 27.6 Å². The highest BCUT2D eigenvalue weighted by atomic mass is 127. The van der Waals surface area contributed by atoms with Gasteiger partial charge in [-0.1, -0.05) is 0 Å². The highest BCUT2D eigenvalue weighted by Crippen LogP contribution is 2.07. The molecule has 1 aromatic heterocycles. The Labute approximate surface area is 67.6 Å². The van der Waals surface area contributed by atoms with Crippen LogP contribution in [0.5, 0.6) is 0 Å². The molecule has 0 amide bonds. The van der Waals surface area contributed by atoms with Crippen molar-refractivity contribution in [2.24, 2.45) is 5.73 Å². The number of hydrogen-bond acceptors (Lipinski definition) is 2. The van der Waals surface area contributed by atoms with E-state index in [1.165, 1.54) is 0 Å². The van der Waals surface area contributed by atoms with Crippen LogP contribution in [0.25, 0.3) is 0 Å². The SMILES string of the molecule is NCc1ccncc1I. The number of rotatable bonds is 1. The molecule has 9 heavy (non-hydrogen) atoms. The third kappa shape index (κ3) is 1.62. The van der Waals surface area contributed by atoms with E-state index in [1.807, 2.05) is 12.3 Å². The van der Waals surface area contributed by atoms with E-state index in [-0.39, 0.29) is 0 Å². The fraction of sp³-hybridized carbons (Fsp3) is 0.167. The van der Waals surface area contributed by atoms with E-state index in [2.05, 4.69) is 27.6 Å². The average molecular weight is 234 g/mol. The van der Waals surface area contributed by atoms with Gasteiger partial charge in [-0.3, -0.25) is 4.98 Å². The maximum atomic E-state index is 5.42. The van der Waals surface area contributed by atoms with Crippen molar-refractivity contribution >= 4 is 22.6 Å². The van der Waals surface area contributed by atoms with E-state index in [0.29, 0.717) is 6.54 Å². The molecule has 0 aliphatic carbocycles. The lowest BCUT2D eigenvalue weighted by Crippen LogP contribution is -1.98. The molecular formula is C6H7IN2. The van der Waals surface area contributed by atoms with E-state index >= 15 is 0 Å². The first-order chi connectivity index (χ1) is 4.34. The molecule has 1 aromatic rings. The van der Waals surface area contributed by atoms with Gasteiger partial charge in [-0.25, -0.2) is 0 Å². The predicted molar refractivity (Wildman–Crippen MR) is 44.8 cm³/mol. The van der Waals surface area contributed by atoms with Crippen molar-refractivity contribution in [2.75, 3.05) is 0 Å². The second-order valence-corrected chi connectivity index (χ2v) is 2.83. The molecule has 0 spiro atoms. The summed E-state index contributed by atoms with van der Waals surface area (Å²) in [6.45, 7) is 0.598. The van der Waals surface area contributed by atoms with Crippen LogP contribution in [0.2, 0.25) is 0 Å². The molecule has 1 heterocycles. The average Bonchev–Trinajstić information content (AvgIpc) is 1.89. The molecule has 0 bridgehead atoms.